The smallest absolute Gasteiger partial charge is 0.228 e. The molecular weight excluding hydrogens is 260 g/mol. The van der Waals surface area contributed by atoms with E-state index in [0.717, 1.165) is 28.8 Å². The third kappa shape index (κ3) is 2.20. The molecule has 1 amide bonds. The average Bonchev–Trinajstić information content (AvgIpc) is 3.24. The lowest BCUT2D eigenvalue weighted by Crippen LogP contribution is -2.24. The number of carbonyl (C=O) groups excluding carboxylic acids is 1. The number of hydrogen-bond donors (Lipinski definition) is 2. The van der Waals surface area contributed by atoms with Crippen molar-refractivity contribution >= 4 is 28.9 Å². The Morgan fingerprint density at radius 2 is 1.89 bits per heavy atom. The Morgan fingerprint density at radius 3 is 2.53 bits per heavy atom. The summed E-state index contributed by atoms with van der Waals surface area (Å²) in [5, 5.41) is 7.20. The molecule has 1 aromatic rings. The molecule has 4 heteroatoms. The highest BCUT2D eigenvalue weighted by Crippen LogP contribution is 2.46. The molecule has 100 valence electrons. The number of fused-ring (bicyclic) bond motifs is 1. The second kappa shape index (κ2) is 4.14. The number of anilines is 2. The Hall–Kier alpha value is -1.22. The highest BCUT2D eigenvalue weighted by Gasteiger charge is 2.41. The largest absolute Gasteiger partial charge is 0.381 e. The zero-order chi connectivity index (χ0) is 13.0. The van der Waals surface area contributed by atoms with Crippen LogP contribution in [0, 0.1) is 11.8 Å². The van der Waals surface area contributed by atoms with Crippen LogP contribution in [0.25, 0.3) is 0 Å². The van der Waals surface area contributed by atoms with Crippen LogP contribution < -0.4 is 10.6 Å². The molecule has 0 bridgehead atoms. The molecule has 2 fully saturated rings. The third-order valence-electron chi connectivity index (χ3n) is 4.40. The van der Waals surface area contributed by atoms with Gasteiger partial charge in [0.2, 0.25) is 5.91 Å². The van der Waals surface area contributed by atoms with Gasteiger partial charge in [0.1, 0.15) is 0 Å². The van der Waals surface area contributed by atoms with Crippen molar-refractivity contribution in [3.63, 3.8) is 0 Å². The molecule has 0 radical (unpaired) electrons. The highest BCUT2D eigenvalue weighted by atomic mass is 35.5. The molecule has 19 heavy (non-hydrogen) atoms. The first-order chi connectivity index (χ1) is 9.20. The van der Waals surface area contributed by atoms with E-state index in [-0.39, 0.29) is 5.91 Å². The van der Waals surface area contributed by atoms with Gasteiger partial charge in [0.25, 0.3) is 0 Å². The zero-order valence-electron chi connectivity index (χ0n) is 10.7. The zero-order valence-corrected chi connectivity index (χ0v) is 11.5. The maximum absolute atomic E-state index is 11.4. The Balaban J connectivity index is 1.60. The minimum absolute atomic E-state index is 0.0594. The van der Waals surface area contributed by atoms with Crippen molar-refractivity contribution in [3.8, 4) is 0 Å². The van der Waals surface area contributed by atoms with Gasteiger partial charge in [-0.25, -0.2) is 0 Å². The summed E-state index contributed by atoms with van der Waals surface area (Å²) in [6.07, 6.45) is 5.85. The van der Waals surface area contributed by atoms with Crippen LogP contribution in [-0.2, 0) is 11.2 Å². The molecular formula is C15H17ClN2O. The lowest BCUT2D eigenvalue weighted by Gasteiger charge is -2.20. The summed E-state index contributed by atoms with van der Waals surface area (Å²) in [5.74, 6) is 1.72. The lowest BCUT2D eigenvalue weighted by atomic mass is 10.1. The van der Waals surface area contributed by atoms with Gasteiger partial charge in [0.15, 0.2) is 0 Å². The molecule has 0 atom stereocenters. The predicted molar refractivity (Wildman–Crippen MR) is 76.6 cm³/mol. The van der Waals surface area contributed by atoms with E-state index >= 15 is 0 Å². The standard InChI is InChI=1S/C15H17ClN2O/c16-11-7-12-10(6-14(19)17-12)5-13(11)18-15(8-1-2-8)9-3-4-9/h5,7-9,15,18H,1-4,6H2,(H,17,19). The number of nitrogens with one attached hydrogen (secondary N) is 2. The van der Waals surface area contributed by atoms with Gasteiger partial charge in [0, 0.05) is 11.7 Å². The Kier molecular flexibility index (Phi) is 2.52. The number of carbonyl (C=O) groups is 1. The first kappa shape index (κ1) is 11.6. The van der Waals surface area contributed by atoms with E-state index in [1.165, 1.54) is 25.7 Å². The van der Waals surface area contributed by atoms with Gasteiger partial charge >= 0.3 is 0 Å². The fourth-order valence-electron chi connectivity index (χ4n) is 3.07. The topological polar surface area (TPSA) is 41.1 Å². The van der Waals surface area contributed by atoms with Crippen LogP contribution in [0.2, 0.25) is 5.02 Å². The summed E-state index contributed by atoms with van der Waals surface area (Å²) < 4.78 is 0. The van der Waals surface area contributed by atoms with Crippen LogP contribution >= 0.6 is 11.6 Å². The average molecular weight is 277 g/mol. The van der Waals surface area contributed by atoms with Gasteiger partial charge in [-0.3, -0.25) is 4.79 Å². The fraction of sp³-hybridized carbons (Fsp3) is 0.533. The molecule has 1 aromatic carbocycles. The molecule has 2 N–H and O–H groups in total. The van der Waals surface area contributed by atoms with Crippen molar-refractivity contribution in [2.24, 2.45) is 11.8 Å². The van der Waals surface area contributed by atoms with Crippen molar-refractivity contribution in [2.45, 2.75) is 38.1 Å². The van der Waals surface area contributed by atoms with Crippen LogP contribution in [0.4, 0.5) is 11.4 Å². The molecule has 4 rings (SSSR count). The van der Waals surface area contributed by atoms with E-state index in [2.05, 4.69) is 10.6 Å². The van der Waals surface area contributed by atoms with Gasteiger partial charge in [0.05, 0.1) is 17.1 Å². The number of benzene rings is 1. The fourth-order valence-corrected chi connectivity index (χ4v) is 3.29. The first-order valence-electron chi connectivity index (χ1n) is 7.09. The minimum Gasteiger partial charge on any atom is -0.381 e. The van der Waals surface area contributed by atoms with Crippen LogP contribution in [0.5, 0.6) is 0 Å². The molecule has 0 saturated heterocycles. The quantitative estimate of drug-likeness (QED) is 0.884. The molecule has 1 heterocycles. The van der Waals surface area contributed by atoms with Crippen molar-refractivity contribution < 1.29 is 4.79 Å². The van der Waals surface area contributed by atoms with Crippen LogP contribution in [-0.4, -0.2) is 11.9 Å². The molecule has 0 unspecified atom stereocenters. The summed E-state index contributed by atoms with van der Waals surface area (Å²) in [6.45, 7) is 0. The number of hydrogen-bond acceptors (Lipinski definition) is 2. The second-order valence-corrected chi connectivity index (χ2v) is 6.47. The number of rotatable bonds is 4. The van der Waals surface area contributed by atoms with Gasteiger partial charge in [-0.05, 0) is 55.2 Å². The van der Waals surface area contributed by atoms with Crippen molar-refractivity contribution in [1.82, 2.24) is 0 Å². The Morgan fingerprint density at radius 1 is 1.21 bits per heavy atom. The summed E-state index contributed by atoms with van der Waals surface area (Å²) in [4.78, 5) is 11.4. The van der Waals surface area contributed by atoms with E-state index in [9.17, 15) is 4.79 Å². The van der Waals surface area contributed by atoms with Crippen LogP contribution in [0.15, 0.2) is 12.1 Å². The Labute approximate surface area is 117 Å². The van der Waals surface area contributed by atoms with E-state index in [1.54, 1.807) is 0 Å². The normalized spacial score (nSPS) is 21.5. The predicted octanol–water partition coefficient (Wildman–Crippen LogP) is 3.44. The first-order valence-corrected chi connectivity index (χ1v) is 7.47. The van der Waals surface area contributed by atoms with E-state index < -0.39 is 0 Å². The van der Waals surface area contributed by atoms with Gasteiger partial charge in [-0.1, -0.05) is 11.6 Å². The van der Waals surface area contributed by atoms with Crippen molar-refractivity contribution in [2.75, 3.05) is 10.6 Å². The summed E-state index contributed by atoms with van der Waals surface area (Å²) >= 11 is 6.34. The Bertz CT molecular complexity index is 537. The molecule has 2 aliphatic carbocycles. The maximum atomic E-state index is 11.4. The van der Waals surface area contributed by atoms with E-state index in [0.29, 0.717) is 17.5 Å². The van der Waals surface area contributed by atoms with Gasteiger partial charge < -0.3 is 10.6 Å². The van der Waals surface area contributed by atoms with Gasteiger partial charge in [-0.15, -0.1) is 0 Å². The van der Waals surface area contributed by atoms with E-state index in [1.807, 2.05) is 12.1 Å². The molecule has 0 spiro atoms. The lowest BCUT2D eigenvalue weighted by molar-refractivity contribution is -0.115. The second-order valence-electron chi connectivity index (χ2n) is 6.06. The molecule has 0 aromatic heterocycles. The molecule has 2 saturated carbocycles. The van der Waals surface area contributed by atoms with E-state index in [4.69, 9.17) is 11.6 Å². The maximum Gasteiger partial charge on any atom is 0.228 e. The van der Waals surface area contributed by atoms with Gasteiger partial charge in [-0.2, -0.15) is 0 Å². The summed E-state index contributed by atoms with van der Waals surface area (Å²) in [5.41, 5.74) is 2.93. The summed E-state index contributed by atoms with van der Waals surface area (Å²) in [6, 6.07) is 4.51. The monoisotopic (exact) mass is 276 g/mol. The van der Waals surface area contributed by atoms with Crippen molar-refractivity contribution in [1.29, 1.82) is 0 Å². The molecule has 3 nitrogen and oxygen atoms in total. The minimum atomic E-state index is 0.0594. The molecule has 1 aliphatic heterocycles. The highest BCUT2D eigenvalue weighted by molar-refractivity contribution is 6.33. The summed E-state index contributed by atoms with van der Waals surface area (Å²) in [7, 11) is 0. The van der Waals surface area contributed by atoms with Crippen LogP contribution in [0.1, 0.15) is 31.2 Å². The van der Waals surface area contributed by atoms with Crippen LogP contribution in [0.3, 0.4) is 0 Å². The number of halogens is 1. The molecule has 3 aliphatic rings. The number of amides is 1. The SMILES string of the molecule is O=C1Cc2cc(NC(C3CC3)C3CC3)c(Cl)cc2N1. The van der Waals surface area contributed by atoms with Crippen molar-refractivity contribution in [3.05, 3.63) is 22.7 Å². The third-order valence-corrected chi connectivity index (χ3v) is 4.71.